The predicted octanol–water partition coefficient (Wildman–Crippen LogP) is 13.3. The summed E-state index contributed by atoms with van der Waals surface area (Å²) in [6, 6.07) is 0. The van der Waals surface area contributed by atoms with Gasteiger partial charge in [-0.05, 0) is 25.7 Å². The van der Waals surface area contributed by atoms with Crippen LogP contribution in [0.15, 0.2) is 0 Å². The molecule has 256 valence electrons. The first kappa shape index (κ1) is 41.9. The lowest BCUT2D eigenvalue weighted by Crippen LogP contribution is -2.19. The minimum absolute atomic E-state index is 0.0781. The lowest BCUT2D eigenvalue weighted by Gasteiger charge is -2.17. The van der Waals surface area contributed by atoms with E-state index in [-0.39, 0.29) is 18.5 Å². The Bertz CT molecular complexity index is 576. The molecule has 0 radical (unpaired) electrons. The molecule has 0 fully saturated rings. The van der Waals surface area contributed by atoms with E-state index in [2.05, 4.69) is 13.8 Å². The normalized spacial score (nSPS) is 12.0. The molecule has 0 aliphatic heterocycles. The maximum Gasteiger partial charge on any atom is 0.306 e. The molecule has 0 aliphatic rings. The molecule has 0 saturated heterocycles. The van der Waals surface area contributed by atoms with Crippen molar-refractivity contribution in [3.63, 3.8) is 0 Å². The van der Waals surface area contributed by atoms with E-state index in [1.54, 1.807) is 0 Å². The number of unbranched alkanes of at least 4 members (excludes halogenated alkanes) is 28. The highest BCUT2D eigenvalue weighted by Crippen LogP contribution is 2.18. The minimum atomic E-state index is -0.808. The van der Waals surface area contributed by atoms with Crippen LogP contribution >= 0.6 is 0 Å². The van der Waals surface area contributed by atoms with Gasteiger partial charge >= 0.3 is 11.9 Å². The van der Waals surface area contributed by atoms with Gasteiger partial charge in [-0.25, -0.2) is 0 Å². The molecule has 0 saturated carbocycles. The van der Waals surface area contributed by atoms with Crippen LogP contribution in [0, 0.1) is 0 Å². The van der Waals surface area contributed by atoms with Crippen molar-refractivity contribution in [2.24, 2.45) is 0 Å². The van der Waals surface area contributed by atoms with E-state index in [1.807, 2.05) is 0 Å². The fourth-order valence-corrected chi connectivity index (χ4v) is 6.18. The van der Waals surface area contributed by atoms with Gasteiger partial charge in [-0.3, -0.25) is 9.59 Å². The van der Waals surface area contributed by atoms with Crippen molar-refractivity contribution in [3.8, 4) is 0 Å². The third-order valence-electron chi connectivity index (χ3n) is 9.09. The van der Waals surface area contributed by atoms with Gasteiger partial charge in [0.25, 0.3) is 0 Å². The molecule has 0 aromatic rings. The summed E-state index contributed by atoms with van der Waals surface area (Å²) in [5.41, 5.74) is 0. The lowest BCUT2D eigenvalue weighted by atomic mass is 10.0. The average molecular weight is 609 g/mol. The summed E-state index contributed by atoms with van der Waals surface area (Å²) in [5.74, 6) is -0.943. The molecular weight excluding hydrogens is 532 g/mol. The second-order valence-corrected chi connectivity index (χ2v) is 13.5. The van der Waals surface area contributed by atoms with E-state index < -0.39 is 5.97 Å². The molecule has 4 nitrogen and oxygen atoms in total. The SMILES string of the molecule is CCCCCCCCCCCCCCCCCCCCCCCC(=O)OC(CCCCCCCCCCC)CCC(=O)O. The molecule has 0 amide bonds. The second-order valence-electron chi connectivity index (χ2n) is 13.5. The number of aliphatic carboxylic acids is 1. The summed E-state index contributed by atoms with van der Waals surface area (Å²) in [7, 11) is 0. The Morgan fingerprint density at radius 3 is 1.05 bits per heavy atom. The molecule has 1 atom stereocenters. The van der Waals surface area contributed by atoms with Crippen molar-refractivity contribution in [1.29, 1.82) is 0 Å². The van der Waals surface area contributed by atoms with Crippen molar-refractivity contribution in [2.45, 2.75) is 238 Å². The van der Waals surface area contributed by atoms with E-state index in [4.69, 9.17) is 9.84 Å². The number of carboxylic acid groups (broad SMARTS) is 1. The number of carboxylic acids is 1. The zero-order chi connectivity index (χ0) is 31.5. The highest BCUT2D eigenvalue weighted by molar-refractivity contribution is 5.69. The molecule has 0 aromatic carbocycles. The van der Waals surface area contributed by atoms with Gasteiger partial charge in [-0.15, -0.1) is 0 Å². The van der Waals surface area contributed by atoms with Crippen LogP contribution in [0.2, 0.25) is 0 Å². The van der Waals surface area contributed by atoms with Gasteiger partial charge in [0.15, 0.2) is 0 Å². The molecule has 0 bridgehead atoms. The molecule has 0 aliphatic carbocycles. The molecule has 4 heteroatoms. The van der Waals surface area contributed by atoms with Crippen molar-refractivity contribution in [2.75, 3.05) is 0 Å². The number of ether oxygens (including phenoxy) is 1. The van der Waals surface area contributed by atoms with Crippen LogP contribution in [0.1, 0.15) is 232 Å². The molecule has 43 heavy (non-hydrogen) atoms. The van der Waals surface area contributed by atoms with Crippen LogP contribution in [0.5, 0.6) is 0 Å². The van der Waals surface area contributed by atoms with Crippen molar-refractivity contribution < 1.29 is 19.4 Å². The highest BCUT2D eigenvalue weighted by atomic mass is 16.5. The number of hydrogen-bond acceptors (Lipinski definition) is 3. The third kappa shape index (κ3) is 35.3. The van der Waals surface area contributed by atoms with Crippen LogP contribution in [-0.4, -0.2) is 23.1 Å². The Labute approximate surface area is 269 Å². The summed E-state index contributed by atoms with van der Waals surface area (Å²) in [5, 5.41) is 9.07. The zero-order valence-corrected chi connectivity index (χ0v) is 29.3. The molecule has 0 aromatic heterocycles. The maximum absolute atomic E-state index is 12.4. The number of carbonyl (C=O) groups excluding carboxylic acids is 1. The van der Waals surface area contributed by atoms with Crippen molar-refractivity contribution >= 4 is 11.9 Å². The molecule has 1 N–H and O–H groups in total. The maximum atomic E-state index is 12.4. The first-order valence-electron chi connectivity index (χ1n) is 19.5. The Morgan fingerprint density at radius 1 is 0.419 bits per heavy atom. The van der Waals surface area contributed by atoms with Crippen LogP contribution in [0.3, 0.4) is 0 Å². The van der Waals surface area contributed by atoms with E-state index in [1.165, 1.54) is 167 Å². The Kier molecular flexibility index (Phi) is 34.5. The van der Waals surface area contributed by atoms with Crippen LogP contribution in [0.4, 0.5) is 0 Å². The quantitative estimate of drug-likeness (QED) is 0.0567. The lowest BCUT2D eigenvalue weighted by molar-refractivity contribution is -0.151. The predicted molar refractivity (Wildman–Crippen MR) is 186 cm³/mol. The fourth-order valence-electron chi connectivity index (χ4n) is 6.18. The van der Waals surface area contributed by atoms with Gasteiger partial charge in [0, 0.05) is 12.8 Å². The average Bonchev–Trinajstić information content (AvgIpc) is 2.99. The summed E-state index contributed by atoms with van der Waals surface area (Å²) < 4.78 is 5.71. The Morgan fingerprint density at radius 2 is 0.721 bits per heavy atom. The number of rotatable bonds is 36. The van der Waals surface area contributed by atoms with Crippen molar-refractivity contribution in [1.82, 2.24) is 0 Å². The topological polar surface area (TPSA) is 63.6 Å². The molecule has 1 unspecified atom stereocenters. The van der Waals surface area contributed by atoms with E-state index in [9.17, 15) is 9.59 Å². The number of esters is 1. The summed E-state index contributed by atoms with van der Waals surface area (Å²) in [6.07, 6.45) is 41.3. The largest absolute Gasteiger partial charge is 0.481 e. The Balaban J connectivity index is 3.57. The van der Waals surface area contributed by atoms with Gasteiger partial charge in [0.1, 0.15) is 6.10 Å². The van der Waals surface area contributed by atoms with E-state index in [0.29, 0.717) is 12.8 Å². The smallest absolute Gasteiger partial charge is 0.306 e. The monoisotopic (exact) mass is 609 g/mol. The Hall–Kier alpha value is -1.06. The fraction of sp³-hybridized carbons (Fsp3) is 0.949. The van der Waals surface area contributed by atoms with Crippen LogP contribution in [-0.2, 0) is 14.3 Å². The van der Waals surface area contributed by atoms with Crippen LogP contribution < -0.4 is 0 Å². The van der Waals surface area contributed by atoms with Gasteiger partial charge < -0.3 is 9.84 Å². The third-order valence-corrected chi connectivity index (χ3v) is 9.09. The standard InChI is InChI=1S/C39H76O4/c1-3-5-7-9-11-13-14-15-16-17-18-19-20-21-22-23-24-26-28-30-32-34-39(42)43-37(35-36-38(40)41)33-31-29-27-25-12-10-8-6-4-2/h37H,3-36H2,1-2H3,(H,40,41). The summed E-state index contributed by atoms with van der Waals surface area (Å²) in [4.78, 5) is 23.4. The minimum Gasteiger partial charge on any atom is -0.481 e. The summed E-state index contributed by atoms with van der Waals surface area (Å²) >= 11 is 0. The highest BCUT2D eigenvalue weighted by Gasteiger charge is 2.16. The summed E-state index contributed by atoms with van der Waals surface area (Å²) in [6.45, 7) is 4.54. The molecular formula is C39H76O4. The number of carbonyl (C=O) groups is 2. The van der Waals surface area contributed by atoms with Gasteiger partial charge in [-0.2, -0.15) is 0 Å². The van der Waals surface area contributed by atoms with Gasteiger partial charge in [0.05, 0.1) is 0 Å². The van der Waals surface area contributed by atoms with Crippen LogP contribution in [0.25, 0.3) is 0 Å². The first-order chi connectivity index (χ1) is 21.1. The van der Waals surface area contributed by atoms with E-state index in [0.717, 1.165) is 32.1 Å². The second kappa shape index (κ2) is 35.4. The molecule has 0 rings (SSSR count). The molecule has 0 spiro atoms. The van der Waals surface area contributed by atoms with E-state index >= 15 is 0 Å². The van der Waals surface area contributed by atoms with Gasteiger partial charge in [-0.1, -0.05) is 194 Å². The zero-order valence-electron chi connectivity index (χ0n) is 29.3. The first-order valence-corrected chi connectivity index (χ1v) is 19.5. The van der Waals surface area contributed by atoms with Gasteiger partial charge in [0.2, 0.25) is 0 Å². The number of hydrogen-bond donors (Lipinski definition) is 1. The molecule has 0 heterocycles. The van der Waals surface area contributed by atoms with Crippen molar-refractivity contribution in [3.05, 3.63) is 0 Å².